The molecule has 0 spiro atoms. The number of hydrogen-bond donors (Lipinski definition) is 4. The van der Waals surface area contributed by atoms with E-state index in [0.29, 0.717) is 11.1 Å². The third-order valence-corrected chi connectivity index (χ3v) is 13.4. The molecular weight excluding hydrogens is 681 g/mol. The van der Waals surface area contributed by atoms with Crippen molar-refractivity contribution in [1.29, 1.82) is 0 Å². The second-order valence-corrected chi connectivity index (χ2v) is 17.4. The zero-order valence-electron chi connectivity index (χ0n) is 27.8. The lowest BCUT2D eigenvalue weighted by Gasteiger charge is -2.37. The SMILES string of the molecule is CC(C(NS(=O)(=O)C(C)CC1COCC1(O)c1ccc(-c2cccnc2)cc1)C1COCC1(O)c1ccc(-c2ccncc2)cc1)S(N)(=O)=O. The summed E-state index contributed by atoms with van der Waals surface area (Å²) in [5.41, 5.74) is 1.48. The molecule has 7 atom stereocenters. The molecule has 0 saturated carbocycles. The molecule has 50 heavy (non-hydrogen) atoms. The molecular formula is C36H42N4O8S2. The van der Waals surface area contributed by atoms with Gasteiger partial charge in [0.25, 0.3) is 0 Å². The Morgan fingerprint density at radius 3 is 1.94 bits per heavy atom. The highest BCUT2D eigenvalue weighted by Gasteiger charge is 2.52. The Morgan fingerprint density at radius 1 is 0.780 bits per heavy atom. The van der Waals surface area contributed by atoms with Gasteiger partial charge in [-0.15, -0.1) is 0 Å². The van der Waals surface area contributed by atoms with Crippen LogP contribution < -0.4 is 9.86 Å². The molecule has 0 aliphatic carbocycles. The summed E-state index contributed by atoms with van der Waals surface area (Å²) in [6, 6.07) is 20.6. The molecule has 4 heterocycles. The first-order valence-electron chi connectivity index (χ1n) is 16.4. The van der Waals surface area contributed by atoms with Gasteiger partial charge in [0.05, 0.1) is 36.9 Å². The molecule has 0 radical (unpaired) electrons. The summed E-state index contributed by atoms with van der Waals surface area (Å²) in [7, 11) is -8.53. The van der Waals surface area contributed by atoms with Gasteiger partial charge in [-0.05, 0) is 71.8 Å². The van der Waals surface area contributed by atoms with Crippen molar-refractivity contribution in [3.8, 4) is 22.3 Å². The molecule has 0 amide bonds. The fourth-order valence-electron chi connectivity index (χ4n) is 7.00. The van der Waals surface area contributed by atoms with Crippen LogP contribution in [0, 0.1) is 11.8 Å². The first kappa shape index (κ1) is 36.2. The molecule has 0 bridgehead atoms. The first-order valence-corrected chi connectivity index (χ1v) is 19.5. The van der Waals surface area contributed by atoms with Crippen molar-refractivity contribution in [1.82, 2.24) is 14.7 Å². The van der Waals surface area contributed by atoms with Gasteiger partial charge < -0.3 is 19.7 Å². The van der Waals surface area contributed by atoms with E-state index in [9.17, 15) is 27.0 Å². The fourth-order valence-corrected chi connectivity index (χ4v) is 9.22. The van der Waals surface area contributed by atoms with E-state index in [2.05, 4.69) is 14.7 Å². The summed E-state index contributed by atoms with van der Waals surface area (Å²) < 4.78 is 67.5. The number of benzene rings is 2. The van der Waals surface area contributed by atoms with Crippen molar-refractivity contribution in [3.05, 3.63) is 109 Å². The van der Waals surface area contributed by atoms with Crippen LogP contribution in [0.5, 0.6) is 0 Å². The Bertz CT molecular complexity index is 1990. The van der Waals surface area contributed by atoms with Gasteiger partial charge in [0.15, 0.2) is 0 Å². The number of sulfonamides is 2. The maximum absolute atomic E-state index is 14.0. The second kappa shape index (κ2) is 14.2. The summed E-state index contributed by atoms with van der Waals surface area (Å²) >= 11 is 0. The average molecular weight is 723 g/mol. The minimum Gasteiger partial charge on any atom is -0.382 e. The molecule has 266 valence electrons. The van der Waals surface area contributed by atoms with Crippen molar-refractivity contribution in [2.45, 2.75) is 48.0 Å². The Morgan fingerprint density at radius 2 is 1.34 bits per heavy atom. The second-order valence-electron chi connectivity index (χ2n) is 13.3. The molecule has 4 aromatic rings. The van der Waals surface area contributed by atoms with E-state index >= 15 is 0 Å². The Hall–Kier alpha value is -3.60. The monoisotopic (exact) mass is 722 g/mol. The Balaban J connectivity index is 1.23. The Labute approximate surface area is 292 Å². The maximum Gasteiger partial charge on any atom is 0.214 e. The van der Waals surface area contributed by atoms with Gasteiger partial charge in [-0.1, -0.05) is 54.6 Å². The van der Waals surface area contributed by atoms with Crippen molar-refractivity contribution in [3.63, 3.8) is 0 Å². The van der Waals surface area contributed by atoms with E-state index in [0.717, 1.165) is 22.3 Å². The first-order chi connectivity index (χ1) is 23.7. The van der Waals surface area contributed by atoms with Crippen LogP contribution in [0.4, 0.5) is 0 Å². The zero-order valence-corrected chi connectivity index (χ0v) is 29.4. The molecule has 14 heteroatoms. The number of primary sulfonamides is 1. The fraction of sp³-hybridized carbons (Fsp3) is 0.389. The van der Waals surface area contributed by atoms with Gasteiger partial charge in [0.1, 0.15) is 11.2 Å². The van der Waals surface area contributed by atoms with E-state index in [1.807, 2.05) is 48.5 Å². The largest absolute Gasteiger partial charge is 0.382 e. The van der Waals surface area contributed by atoms with Gasteiger partial charge in [-0.2, -0.15) is 0 Å². The molecule has 12 nitrogen and oxygen atoms in total. The van der Waals surface area contributed by atoms with Crippen LogP contribution in [0.1, 0.15) is 31.4 Å². The molecule has 6 rings (SSSR count). The molecule has 2 saturated heterocycles. The lowest BCUT2D eigenvalue weighted by molar-refractivity contribution is -0.0120. The highest BCUT2D eigenvalue weighted by molar-refractivity contribution is 7.90. The number of aliphatic hydroxyl groups is 2. The maximum atomic E-state index is 14.0. The molecule has 2 aromatic heterocycles. The topological polar surface area (TPSA) is 191 Å². The highest BCUT2D eigenvalue weighted by atomic mass is 32.2. The van der Waals surface area contributed by atoms with Gasteiger partial charge in [-0.3, -0.25) is 9.97 Å². The number of hydrogen-bond acceptors (Lipinski definition) is 10. The van der Waals surface area contributed by atoms with Gasteiger partial charge >= 0.3 is 0 Å². The summed E-state index contributed by atoms with van der Waals surface area (Å²) in [6.07, 6.45) is 6.78. The number of pyridine rings is 2. The van der Waals surface area contributed by atoms with Crippen LogP contribution in [-0.4, -0.2) is 80.0 Å². The number of nitrogens with zero attached hydrogens (tertiary/aromatic N) is 2. The van der Waals surface area contributed by atoms with Crippen molar-refractivity contribution in [2.24, 2.45) is 17.0 Å². The van der Waals surface area contributed by atoms with Crippen molar-refractivity contribution >= 4 is 20.0 Å². The minimum atomic E-state index is -4.28. The predicted molar refractivity (Wildman–Crippen MR) is 188 cm³/mol. The van der Waals surface area contributed by atoms with E-state index in [-0.39, 0.29) is 32.8 Å². The summed E-state index contributed by atoms with van der Waals surface area (Å²) in [4.78, 5) is 8.19. The summed E-state index contributed by atoms with van der Waals surface area (Å²) in [5.74, 6) is -1.59. The normalized spacial score (nSPS) is 26.0. The molecule has 7 unspecified atom stereocenters. The quantitative estimate of drug-likeness (QED) is 0.169. The van der Waals surface area contributed by atoms with Crippen LogP contribution in [0.25, 0.3) is 22.3 Å². The third-order valence-electron chi connectivity index (χ3n) is 10.2. The van der Waals surface area contributed by atoms with E-state index < -0.39 is 59.6 Å². The van der Waals surface area contributed by atoms with Crippen molar-refractivity contribution in [2.75, 3.05) is 26.4 Å². The van der Waals surface area contributed by atoms with Crippen LogP contribution >= 0.6 is 0 Å². The zero-order chi connectivity index (χ0) is 35.7. The number of nitrogens with one attached hydrogen (secondary N) is 1. The molecule has 2 aromatic carbocycles. The smallest absolute Gasteiger partial charge is 0.214 e. The number of aromatic nitrogens is 2. The molecule has 2 aliphatic rings. The van der Waals surface area contributed by atoms with E-state index in [1.54, 1.807) is 49.1 Å². The predicted octanol–water partition coefficient (Wildman–Crippen LogP) is 2.92. The molecule has 2 aliphatic heterocycles. The van der Waals surface area contributed by atoms with Crippen LogP contribution in [0.2, 0.25) is 0 Å². The lowest BCUT2D eigenvalue weighted by Crippen LogP contribution is -2.58. The van der Waals surface area contributed by atoms with E-state index in [4.69, 9.17) is 14.6 Å². The standard InChI is InChI=1S/C36H42N4O8S2/c1-24(18-32-20-47-22-35(32,41)30-9-7-27(8-10-30)29-4-3-15-39-19-29)50(45,46)40-34(25(2)49(37,43)44)33-21-48-23-36(33,42)31-11-5-26(6-12-31)28-13-16-38-17-14-28/h3-17,19,24-25,32-34,40-42H,18,20-23H2,1-2H3,(H2,37,43,44). The van der Waals surface area contributed by atoms with Gasteiger partial charge in [0.2, 0.25) is 20.0 Å². The minimum absolute atomic E-state index is 0.00850. The average Bonchev–Trinajstić information content (AvgIpc) is 3.70. The molecule has 5 N–H and O–H groups in total. The van der Waals surface area contributed by atoms with Crippen LogP contribution in [0.15, 0.2) is 97.6 Å². The van der Waals surface area contributed by atoms with Crippen LogP contribution in [0.3, 0.4) is 0 Å². The van der Waals surface area contributed by atoms with Gasteiger partial charge in [-0.25, -0.2) is 26.7 Å². The van der Waals surface area contributed by atoms with E-state index in [1.165, 1.54) is 13.8 Å². The Kier molecular flexibility index (Phi) is 10.3. The lowest BCUT2D eigenvalue weighted by atomic mass is 9.78. The number of ether oxygens (including phenoxy) is 2. The van der Waals surface area contributed by atoms with Crippen molar-refractivity contribution < 1.29 is 36.5 Å². The van der Waals surface area contributed by atoms with Gasteiger partial charge in [0, 0.05) is 42.7 Å². The summed E-state index contributed by atoms with van der Waals surface area (Å²) in [5, 5.41) is 27.0. The third kappa shape index (κ3) is 7.25. The molecule has 2 fully saturated rings. The number of rotatable bonds is 12. The highest BCUT2D eigenvalue weighted by Crippen LogP contribution is 2.42. The van der Waals surface area contributed by atoms with Crippen LogP contribution in [-0.2, 0) is 40.7 Å². The summed E-state index contributed by atoms with van der Waals surface area (Å²) in [6.45, 7) is 2.64. The number of nitrogens with two attached hydrogens (primary N) is 1.